The second-order valence-electron chi connectivity index (χ2n) is 5.70. The molecule has 0 aliphatic carbocycles. The maximum Gasteiger partial charge on any atom is 0.192 e. The third kappa shape index (κ3) is 3.37. The van der Waals surface area contributed by atoms with Gasteiger partial charge >= 0.3 is 0 Å². The molecule has 0 saturated carbocycles. The Balaban J connectivity index is 1.56. The van der Waals surface area contributed by atoms with E-state index in [0.29, 0.717) is 13.2 Å². The monoisotopic (exact) mass is 293 g/mol. The number of ether oxygens (including phenoxy) is 2. The molecule has 1 atom stereocenters. The highest BCUT2D eigenvalue weighted by atomic mass is 32.2. The van der Waals surface area contributed by atoms with E-state index >= 15 is 0 Å². The summed E-state index contributed by atoms with van der Waals surface area (Å²) in [6.07, 6.45) is 1.36. The van der Waals surface area contributed by atoms with Gasteiger partial charge in [-0.25, -0.2) is 0 Å². The van der Waals surface area contributed by atoms with Gasteiger partial charge < -0.3 is 14.8 Å². The topological polar surface area (TPSA) is 30.5 Å². The lowest BCUT2D eigenvalue weighted by Crippen LogP contribution is -2.24. The van der Waals surface area contributed by atoms with Crippen molar-refractivity contribution in [1.29, 1.82) is 0 Å². The van der Waals surface area contributed by atoms with Gasteiger partial charge in [0.25, 0.3) is 0 Å². The Bertz CT molecular complexity index is 440. The van der Waals surface area contributed by atoms with Crippen molar-refractivity contribution in [3.8, 4) is 0 Å². The summed E-state index contributed by atoms with van der Waals surface area (Å²) in [7, 11) is 0. The molecule has 1 aromatic rings. The van der Waals surface area contributed by atoms with Crippen LogP contribution in [0.2, 0.25) is 0 Å². The molecule has 1 aromatic carbocycles. The van der Waals surface area contributed by atoms with Gasteiger partial charge in [-0.3, -0.25) is 0 Å². The first-order chi connectivity index (χ1) is 9.76. The maximum atomic E-state index is 5.72. The lowest BCUT2D eigenvalue weighted by molar-refractivity contribution is -0.149. The molecule has 2 saturated heterocycles. The summed E-state index contributed by atoms with van der Waals surface area (Å²) in [4.78, 5) is 0. The van der Waals surface area contributed by atoms with Gasteiger partial charge in [-0.15, -0.1) is 0 Å². The zero-order chi connectivity index (χ0) is 13.8. The molecule has 2 aliphatic rings. The van der Waals surface area contributed by atoms with Crippen molar-refractivity contribution >= 4 is 11.8 Å². The first-order valence-corrected chi connectivity index (χ1v) is 8.57. The molecule has 3 nitrogen and oxygen atoms in total. The van der Waals surface area contributed by atoms with Crippen molar-refractivity contribution < 1.29 is 9.47 Å². The molecule has 4 heteroatoms. The van der Waals surface area contributed by atoms with Gasteiger partial charge in [0, 0.05) is 12.1 Å². The van der Waals surface area contributed by atoms with Crippen LogP contribution in [0.1, 0.15) is 24.5 Å². The molecule has 0 bridgehead atoms. The van der Waals surface area contributed by atoms with Crippen LogP contribution in [0.5, 0.6) is 0 Å². The SMILES string of the molecule is CC1(c2cccc(CNCC3CCSC3)c2)OCCO1. The minimum absolute atomic E-state index is 0.557. The largest absolute Gasteiger partial charge is 0.344 e. The number of nitrogens with one attached hydrogen (secondary N) is 1. The summed E-state index contributed by atoms with van der Waals surface area (Å²) >= 11 is 2.07. The summed E-state index contributed by atoms with van der Waals surface area (Å²) < 4.78 is 11.4. The fourth-order valence-electron chi connectivity index (χ4n) is 2.81. The van der Waals surface area contributed by atoms with Crippen molar-refractivity contribution in [1.82, 2.24) is 5.32 Å². The maximum absolute atomic E-state index is 5.72. The number of hydrogen-bond donors (Lipinski definition) is 1. The molecule has 0 amide bonds. The Labute approximate surface area is 125 Å². The van der Waals surface area contributed by atoms with E-state index in [9.17, 15) is 0 Å². The van der Waals surface area contributed by atoms with Crippen LogP contribution in [0.3, 0.4) is 0 Å². The van der Waals surface area contributed by atoms with Crippen LogP contribution >= 0.6 is 11.8 Å². The molecule has 20 heavy (non-hydrogen) atoms. The molecular weight excluding hydrogens is 270 g/mol. The van der Waals surface area contributed by atoms with Gasteiger partial charge in [0.2, 0.25) is 0 Å². The molecule has 1 N–H and O–H groups in total. The number of rotatable bonds is 5. The average Bonchev–Trinajstić information content (AvgIpc) is 3.12. The van der Waals surface area contributed by atoms with Gasteiger partial charge in [-0.2, -0.15) is 11.8 Å². The summed E-state index contributed by atoms with van der Waals surface area (Å²) in [5.74, 6) is 2.93. The van der Waals surface area contributed by atoms with E-state index < -0.39 is 5.79 Å². The molecule has 2 aliphatic heterocycles. The van der Waals surface area contributed by atoms with Crippen LogP contribution in [0.25, 0.3) is 0 Å². The summed E-state index contributed by atoms with van der Waals surface area (Å²) in [6.45, 7) is 5.41. The zero-order valence-electron chi connectivity index (χ0n) is 12.1. The molecule has 0 aromatic heterocycles. The van der Waals surface area contributed by atoms with Crippen molar-refractivity contribution in [3.05, 3.63) is 35.4 Å². The van der Waals surface area contributed by atoms with E-state index in [4.69, 9.17) is 9.47 Å². The van der Waals surface area contributed by atoms with Gasteiger partial charge in [-0.1, -0.05) is 18.2 Å². The summed E-state index contributed by atoms with van der Waals surface area (Å²) in [5, 5.41) is 3.58. The highest BCUT2D eigenvalue weighted by Gasteiger charge is 2.33. The van der Waals surface area contributed by atoms with Crippen LogP contribution in [-0.2, 0) is 21.8 Å². The van der Waals surface area contributed by atoms with Gasteiger partial charge in [0.05, 0.1) is 13.2 Å². The number of thioether (sulfide) groups is 1. The Morgan fingerprint density at radius 1 is 1.35 bits per heavy atom. The van der Waals surface area contributed by atoms with E-state index in [1.165, 1.54) is 23.5 Å². The molecule has 110 valence electrons. The Morgan fingerprint density at radius 3 is 2.95 bits per heavy atom. The molecule has 2 fully saturated rings. The van der Waals surface area contributed by atoms with Crippen molar-refractivity contribution in [3.63, 3.8) is 0 Å². The summed E-state index contributed by atoms with van der Waals surface area (Å²) in [6, 6.07) is 8.54. The fraction of sp³-hybridized carbons (Fsp3) is 0.625. The lowest BCUT2D eigenvalue weighted by atomic mass is 10.0. The van der Waals surface area contributed by atoms with Gasteiger partial charge in [0.15, 0.2) is 5.79 Å². The van der Waals surface area contributed by atoms with Crippen LogP contribution in [0.15, 0.2) is 24.3 Å². The predicted octanol–water partition coefficient (Wildman–Crippen LogP) is 2.75. The Kier molecular flexibility index (Phi) is 4.66. The van der Waals surface area contributed by atoms with Crippen LogP contribution in [0.4, 0.5) is 0 Å². The number of benzene rings is 1. The average molecular weight is 293 g/mol. The standard InChI is InChI=1S/C16H23NO2S/c1-16(18-6-7-19-16)15-4-2-3-13(9-15)10-17-11-14-5-8-20-12-14/h2-4,9,14,17H,5-8,10-12H2,1H3. The molecule has 3 rings (SSSR count). The van der Waals surface area contributed by atoms with E-state index in [1.54, 1.807) is 0 Å². The van der Waals surface area contributed by atoms with Gasteiger partial charge in [-0.05, 0) is 48.9 Å². The zero-order valence-corrected chi connectivity index (χ0v) is 12.9. The second kappa shape index (κ2) is 6.48. The first kappa shape index (κ1) is 14.4. The third-order valence-corrected chi connectivity index (χ3v) is 5.31. The quantitative estimate of drug-likeness (QED) is 0.904. The summed E-state index contributed by atoms with van der Waals surface area (Å²) in [5.41, 5.74) is 2.42. The second-order valence-corrected chi connectivity index (χ2v) is 6.85. The van der Waals surface area contributed by atoms with Gasteiger partial charge in [0.1, 0.15) is 0 Å². The van der Waals surface area contributed by atoms with Crippen LogP contribution in [0, 0.1) is 5.92 Å². The molecule has 1 unspecified atom stereocenters. The van der Waals surface area contributed by atoms with Crippen LogP contribution < -0.4 is 5.32 Å². The van der Waals surface area contributed by atoms with E-state index in [1.807, 2.05) is 6.92 Å². The highest BCUT2D eigenvalue weighted by molar-refractivity contribution is 7.99. The van der Waals surface area contributed by atoms with E-state index in [0.717, 1.165) is 24.6 Å². The third-order valence-electron chi connectivity index (χ3n) is 4.08. The number of hydrogen-bond acceptors (Lipinski definition) is 4. The highest BCUT2D eigenvalue weighted by Crippen LogP contribution is 2.31. The van der Waals surface area contributed by atoms with Crippen molar-refractivity contribution in [2.75, 3.05) is 31.3 Å². The van der Waals surface area contributed by atoms with E-state index in [-0.39, 0.29) is 0 Å². The minimum Gasteiger partial charge on any atom is -0.344 e. The minimum atomic E-state index is -0.557. The molecule has 2 heterocycles. The Morgan fingerprint density at radius 2 is 2.20 bits per heavy atom. The Hall–Kier alpha value is -0.550. The van der Waals surface area contributed by atoms with Crippen molar-refractivity contribution in [2.24, 2.45) is 5.92 Å². The lowest BCUT2D eigenvalue weighted by Gasteiger charge is -2.23. The predicted molar refractivity (Wildman–Crippen MR) is 82.8 cm³/mol. The fourth-order valence-corrected chi connectivity index (χ4v) is 4.09. The molecule has 0 spiro atoms. The smallest absolute Gasteiger partial charge is 0.192 e. The van der Waals surface area contributed by atoms with Crippen LogP contribution in [-0.4, -0.2) is 31.3 Å². The molecule has 0 radical (unpaired) electrons. The normalized spacial score (nSPS) is 25.1. The van der Waals surface area contributed by atoms with E-state index in [2.05, 4.69) is 41.3 Å². The first-order valence-electron chi connectivity index (χ1n) is 7.42. The van der Waals surface area contributed by atoms with Crippen molar-refractivity contribution in [2.45, 2.75) is 25.7 Å². The molecular formula is C16H23NO2S.